The van der Waals surface area contributed by atoms with Crippen LogP contribution in [0.15, 0.2) is 27.4 Å². The molecule has 0 saturated heterocycles. The normalized spacial score (nSPS) is 11.0. The van der Waals surface area contributed by atoms with E-state index in [-0.39, 0.29) is 6.03 Å². The Bertz CT molecular complexity index is 670. The van der Waals surface area contributed by atoms with Crippen molar-refractivity contribution in [2.45, 2.75) is 20.3 Å². The summed E-state index contributed by atoms with van der Waals surface area (Å²) in [6.07, 6.45) is 0.933. The summed E-state index contributed by atoms with van der Waals surface area (Å²) < 4.78 is 6.43. The largest absolute Gasteiger partial charge is 0.419 e. The minimum absolute atomic E-state index is 0.251. The van der Waals surface area contributed by atoms with E-state index >= 15 is 0 Å². The van der Waals surface area contributed by atoms with E-state index in [4.69, 9.17) is 4.42 Å². The predicted molar refractivity (Wildman–Crippen MR) is 77.9 cm³/mol. The van der Waals surface area contributed by atoms with E-state index in [1.807, 2.05) is 0 Å². The molecule has 0 aliphatic rings. The molecular formula is C14H19N3O3. The van der Waals surface area contributed by atoms with Crippen LogP contribution in [0.3, 0.4) is 0 Å². The van der Waals surface area contributed by atoms with E-state index in [0.717, 1.165) is 6.42 Å². The summed E-state index contributed by atoms with van der Waals surface area (Å²) in [7, 11) is 1.63. The maximum atomic E-state index is 11.7. The van der Waals surface area contributed by atoms with Crippen LogP contribution in [0, 0.1) is 5.92 Å². The molecule has 1 aromatic carbocycles. The van der Waals surface area contributed by atoms with Crippen LogP contribution >= 0.6 is 0 Å². The first-order chi connectivity index (χ1) is 9.47. The van der Waals surface area contributed by atoms with Crippen LogP contribution in [0.25, 0.3) is 11.1 Å². The summed E-state index contributed by atoms with van der Waals surface area (Å²) in [4.78, 5) is 23.1. The molecule has 0 unspecified atom stereocenters. The van der Waals surface area contributed by atoms with Crippen molar-refractivity contribution in [2.24, 2.45) is 13.0 Å². The first-order valence-corrected chi connectivity index (χ1v) is 6.62. The molecule has 0 aliphatic heterocycles. The SMILES string of the molecule is CC(C)CCNC(=O)Nc1ccc2oc(=O)n(C)c2c1. The van der Waals surface area contributed by atoms with Crippen molar-refractivity contribution in [3.8, 4) is 0 Å². The highest BCUT2D eigenvalue weighted by molar-refractivity contribution is 5.91. The molecule has 0 fully saturated rings. The van der Waals surface area contributed by atoms with Crippen molar-refractivity contribution in [3.63, 3.8) is 0 Å². The highest BCUT2D eigenvalue weighted by Gasteiger charge is 2.08. The van der Waals surface area contributed by atoms with Crippen LogP contribution in [-0.4, -0.2) is 17.1 Å². The number of urea groups is 1. The topological polar surface area (TPSA) is 76.3 Å². The third kappa shape index (κ3) is 3.20. The molecule has 0 radical (unpaired) electrons. The van der Waals surface area contributed by atoms with E-state index in [9.17, 15) is 9.59 Å². The van der Waals surface area contributed by atoms with Crippen molar-refractivity contribution in [2.75, 3.05) is 11.9 Å². The summed E-state index contributed by atoms with van der Waals surface area (Å²) in [6, 6.07) is 4.83. The monoisotopic (exact) mass is 277 g/mol. The smallest absolute Gasteiger partial charge is 0.408 e. The van der Waals surface area contributed by atoms with Gasteiger partial charge in [0.05, 0.1) is 5.52 Å². The van der Waals surface area contributed by atoms with Gasteiger partial charge in [-0.15, -0.1) is 0 Å². The fourth-order valence-corrected chi connectivity index (χ4v) is 1.85. The van der Waals surface area contributed by atoms with E-state index in [0.29, 0.717) is 29.2 Å². The number of hydrogen-bond donors (Lipinski definition) is 2. The van der Waals surface area contributed by atoms with Gasteiger partial charge in [0, 0.05) is 19.3 Å². The number of benzene rings is 1. The molecule has 0 bridgehead atoms. The second-order valence-corrected chi connectivity index (χ2v) is 5.17. The van der Waals surface area contributed by atoms with Crippen molar-refractivity contribution in [3.05, 3.63) is 28.7 Å². The van der Waals surface area contributed by atoms with E-state index in [1.165, 1.54) is 4.57 Å². The van der Waals surface area contributed by atoms with E-state index in [2.05, 4.69) is 24.5 Å². The number of hydrogen-bond acceptors (Lipinski definition) is 3. The standard InChI is InChI=1S/C14H19N3O3/c1-9(2)6-7-15-13(18)16-10-4-5-12-11(8-10)17(3)14(19)20-12/h4-5,8-9H,6-7H2,1-3H3,(H2,15,16,18). The van der Waals surface area contributed by atoms with Gasteiger partial charge in [-0.2, -0.15) is 0 Å². The van der Waals surface area contributed by atoms with E-state index in [1.54, 1.807) is 25.2 Å². The molecule has 1 aromatic heterocycles. The molecule has 2 rings (SSSR count). The minimum atomic E-state index is -0.418. The first kappa shape index (κ1) is 14.2. The Morgan fingerprint density at radius 1 is 1.40 bits per heavy atom. The van der Waals surface area contributed by atoms with Crippen LogP contribution in [0.2, 0.25) is 0 Å². The summed E-state index contributed by atoms with van der Waals surface area (Å²) in [5.41, 5.74) is 1.77. The maximum Gasteiger partial charge on any atom is 0.419 e. The zero-order valence-corrected chi connectivity index (χ0v) is 11.9. The first-order valence-electron chi connectivity index (χ1n) is 6.62. The Labute approximate surface area is 116 Å². The quantitative estimate of drug-likeness (QED) is 0.900. The Morgan fingerprint density at radius 2 is 2.15 bits per heavy atom. The molecule has 1 heterocycles. The number of aromatic nitrogens is 1. The molecule has 2 aromatic rings. The lowest BCUT2D eigenvalue weighted by molar-refractivity contribution is 0.251. The molecule has 0 saturated carbocycles. The predicted octanol–water partition coefficient (Wildman–Crippen LogP) is 2.30. The Hall–Kier alpha value is -2.24. The lowest BCUT2D eigenvalue weighted by Crippen LogP contribution is -2.30. The average Bonchev–Trinajstić information content (AvgIpc) is 2.65. The average molecular weight is 277 g/mol. The third-order valence-electron chi connectivity index (χ3n) is 3.06. The second-order valence-electron chi connectivity index (χ2n) is 5.17. The van der Waals surface area contributed by atoms with Crippen LogP contribution in [0.1, 0.15) is 20.3 Å². The number of nitrogens with zero attached hydrogens (tertiary/aromatic N) is 1. The van der Waals surface area contributed by atoms with Gasteiger partial charge in [0.15, 0.2) is 5.58 Å². The molecule has 0 spiro atoms. The number of anilines is 1. The minimum Gasteiger partial charge on any atom is -0.408 e. The number of oxazole rings is 1. The maximum absolute atomic E-state index is 11.7. The Balaban J connectivity index is 2.04. The Morgan fingerprint density at radius 3 is 2.85 bits per heavy atom. The number of rotatable bonds is 4. The van der Waals surface area contributed by atoms with Crippen molar-refractivity contribution < 1.29 is 9.21 Å². The summed E-state index contributed by atoms with van der Waals surface area (Å²) in [5.74, 6) is 0.130. The van der Waals surface area contributed by atoms with Crippen LogP contribution < -0.4 is 16.4 Å². The van der Waals surface area contributed by atoms with Crippen LogP contribution in [0.4, 0.5) is 10.5 Å². The number of carbonyl (C=O) groups excluding carboxylic acids is 1. The number of fused-ring (bicyclic) bond motifs is 1. The fourth-order valence-electron chi connectivity index (χ4n) is 1.85. The van der Waals surface area contributed by atoms with Gasteiger partial charge >= 0.3 is 11.8 Å². The van der Waals surface area contributed by atoms with Gasteiger partial charge in [-0.3, -0.25) is 4.57 Å². The molecule has 108 valence electrons. The molecule has 2 N–H and O–H groups in total. The van der Waals surface area contributed by atoms with Gasteiger partial charge < -0.3 is 15.1 Å². The summed E-state index contributed by atoms with van der Waals surface area (Å²) in [5, 5.41) is 5.53. The summed E-state index contributed by atoms with van der Waals surface area (Å²) in [6.45, 7) is 4.84. The molecule has 2 amide bonds. The third-order valence-corrected chi connectivity index (χ3v) is 3.06. The second kappa shape index (κ2) is 5.81. The van der Waals surface area contributed by atoms with Crippen LogP contribution in [-0.2, 0) is 7.05 Å². The highest BCUT2D eigenvalue weighted by Crippen LogP contribution is 2.17. The van der Waals surface area contributed by atoms with Crippen LogP contribution in [0.5, 0.6) is 0 Å². The van der Waals surface area contributed by atoms with Gasteiger partial charge in [-0.1, -0.05) is 13.8 Å². The zero-order chi connectivity index (χ0) is 14.7. The number of aryl methyl sites for hydroxylation is 1. The van der Waals surface area contributed by atoms with Crippen molar-refractivity contribution in [1.82, 2.24) is 9.88 Å². The van der Waals surface area contributed by atoms with Crippen molar-refractivity contribution in [1.29, 1.82) is 0 Å². The molecule has 0 atom stereocenters. The lowest BCUT2D eigenvalue weighted by atomic mass is 10.1. The summed E-state index contributed by atoms with van der Waals surface area (Å²) >= 11 is 0. The molecule has 6 nitrogen and oxygen atoms in total. The van der Waals surface area contributed by atoms with Gasteiger partial charge in [-0.05, 0) is 30.5 Å². The molecular weight excluding hydrogens is 258 g/mol. The molecule has 6 heteroatoms. The molecule has 20 heavy (non-hydrogen) atoms. The number of carbonyl (C=O) groups is 1. The van der Waals surface area contributed by atoms with Gasteiger partial charge in [-0.25, -0.2) is 9.59 Å². The molecule has 0 aliphatic carbocycles. The van der Waals surface area contributed by atoms with Gasteiger partial charge in [0.1, 0.15) is 0 Å². The van der Waals surface area contributed by atoms with Crippen molar-refractivity contribution >= 4 is 22.8 Å². The zero-order valence-electron chi connectivity index (χ0n) is 11.9. The fraction of sp³-hybridized carbons (Fsp3) is 0.429. The highest BCUT2D eigenvalue weighted by atomic mass is 16.4. The number of nitrogens with one attached hydrogen (secondary N) is 2. The Kier molecular flexibility index (Phi) is 4.12. The van der Waals surface area contributed by atoms with Gasteiger partial charge in [0.25, 0.3) is 0 Å². The van der Waals surface area contributed by atoms with Gasteiger partial charge in [0.2, 0.25) is 0 Å². The number of amides is 2. The lowest BCUT2D eigenvalue weighted by Gasteiger charge is -2.09. The van der Waals surface area contributed by atoms with E-state index < -0.39 is 5.76 Å².